The summed E-state index contributed by atoms with van der Waals surface area (Å²) in [5.74, 6) is 1.43. The molecule has 0 unspecified atom stereocenters. The van der Waals surface area contributed by atoms with Gasteiger partial charge in [0, 0.05) is 28.1 Å². The Morgan fingerprint density at radius 2 is 2.06 bits per heavy atom. The number of hydrogen-bond donors (Lipinski definition) is 1. The standard InChI is InChI=1S/C12H14ClNOS/c13-10-3-5-11(6-4-10)16-8-7-14-12(15)9-1-2-9/h3-6,9H,1-2,7-8H2,(H,14,15). The first-order valence-corrected chi connectivity index (χ1v) is 6.78. The van der Waals surface area contributed by atoms with Crippen molar-refractivity contribution in [3.63, 3.8) is 0 Å². The van der Waals surface area contributed by atoms with Crippen LogP contribution in [0.3, 0.4) is 0 Å². The zero-order valence-corrected chi connectivity index (χ0v) is 10.5. The van der Waals surface area contributed by atoms with Crippen molar-refractivity contribution in [2.45, 2.75) is 17.7 Å². The maximum absolute atomic E-state index is 11.3. The third kappa shape index (κ3) is 3.72. The number of rotatable bonds is 5. The van der Waals surface area contributed by atoms with Gasteiger partial charge in [-0.15, -0.1) is 11.8 Å². The summed E-state index contributed by atoms with van der Waals surface area (Å²) in [6.45, 7) is 0.739. The molecule has 16 heavy (non-hydrogen) atoms. The number of carbonyl (C=O) groups excluding carboxylic acids is 1. The molecule has 0 spiro atoms. The van der Waals surface area contributed by atoms with E-state index in [0.29, 0.717) is 5.92 Å². The fourth-order valence-corrected chi connectivity index (χ4v) is 2.26. The zero-order chi connectivity index (χ0) is 11.4. The molecular formula is C12H14ClNOS. The van der Waals surface area contributed by atoms with E-state index in [2.05, 4.69) is 5.32 Å². The average Bonchev–Trinajstić information content (AvgIpc) is 3.10. The average molecular weight is 256 g/mol. The lowest BCUT2D eigenvalue weighted by Crippen LogP contribution is -2.26. The summed E-state index contributed by atoms with van der Waals surface area (Å²) in [7, 11) is 0. The molecule has 0 aromatic heterocycles. The maximum Gasteiger partial charge on any atom is 0.223 e. The fourth-order valence-electron chi connectivity index (χ4n) is 1.36. The smallest absolute Gasteiger partial charge is 0.223 e. The second kappa shape index (κ2) is 5.60. The van der Waals surface area contributed by atoms with Gasteiger partial charge in [-0.2, -0.15) is 0 Å². The topological polar surface area (TPSA) is 29.1 Å². The molecule has 2 nitrogen and oxygen atoms in total. The lowest BCUT2D eigenvalue weighted by molar-refractivity contribution is -0.122. The van der Waals surface area contributed by atoms with E-state index in [1.165, 1.54) is 4.90 Å². The van der Waals surface area contributed by atoms with Crippen LogP contribution in [0.4, 0.5) is 0 Å². The van der Waals surface area contributed by atoms with Crippen molar-refractivity contribution in [1.82, 2.24) is 5.32 Å². The van der Waals surface area contributed by atoms with E-state index >= 15 is 0 Å². The van der Waals surface area contributed by atoms with Crippen LogP contribution in [0, 0.1) is 5.92 Å². The van der Waals surface area contributed by atoms with E-state index in [1.807, 2.05) is 24.3 Å². The van der Waals surface area contributed by atoms with Gasteiger partial charge in [-0.05, 0) is 37.1 Å². The first kappa shape index (κ1) is 11.8. The Hall–Kier alpha value is -0.670. The second-order valence-corrected chi connectivity index (χ2v) is 5.47. The van der Waals surface area contributed by atoms with Gasteiger partial charge in [0.1, 0.15) is 0 Å². The molecular weight excluding hydrogens is 242 g/mol. The number of halogens is 1. The predicted octanol–water partition coefficient (Wildman–Crippen LogP) is 2.96. The molecule has 1 aliphatic rings. The quantitative estimate of drug-likeness (QED) is 0.648. The highest BCUT2D eigenvalue weighted by atomic mass is 35.5. The molecule has 0 radical (unpaired) electrons. The Labute approximate surface area is 105 Å². The maximum atomic E-state index is 11.3. The van der Waals surface area contributed by atoms with Crippen molar-refractivity contribution in [3.05, 3.63) is 29.3 Å². The summed E-state index contributed by atoms with van der Waals surface area (Å²) >= 11 is 7.52. The van der Waals surface area contributed by atoms with Crippen molar-refractivity contribution in [2.24, 2.45) is 5.92 Å². The molecule has 1 aromatic carbocycles. The third-order valence-corrected chi connectivity index (χ3v) is 3.70. The molecule has 1 aromatic rings. The van der Waals surface area contributed by atoms with Crippen molar-refractivity contribution < 1.29 is 4.79 Å². The van der Waals surface area contributed by atoms with Crippen LogP contribution in [0.2, 0.25) is 5.02 Å². The van der Waals surface area contributed by atoms with Gasteiger partial charge in [-0.25, -0.2) is 0 Å². The van der Waals surface area contributed by atoms with Crippen LogP contribution in [0.15, 0.2) is 29.2 Å². The van der Waals surface area contributed by atoms with Gasteiger partial charge in [0.05, 0.1) is 0 Å². The zero-order valence-electron chi connectivity index (χ0n) is 8.91. The Kier molecular flexibility index (Phi) is 4.13. The molecule has 1 fully saturated rings. The van der Waals surface area contributed by atoms with Gasteiger partial charge in [0.2, 0.25) is 5.91 Å². The normalized spacial score (nSPS) is 14.8. The summed E-state index contributed by atoms with van der Waals surface area (Å²) in [6.07, 6.45) is 2.13. The lowest BCUT2D eigenvalue weighted by Gasteiger charge is -2.04. The summed E-state index contributed by atoms with van der Waals surface area (Å²) in [4.78, 5) is 12.5. The van der Waals surface area contributed by atoms with Gasteiger partial charge < -0.3 is 5.32 Å². The van der Waals surface area contributed by atoms with Crippen molar-refractivity contribution in [3.8, 4) is 0 Å². The monoisotopic (exact) mass is 255 g/mol. The van der Waals surface area contributed by atoms with E-state index in [-0.39, 0.29) is 5.91 Å². The van der Waals surface area contributed by atoms with Gasteiger partial charge >= 0.3 is 0 Å². The van der Waals surface area contributed by atoms with Crippen LogP contribution in [-0.4, -0.2) is 18.2 Å². The number of amides is 1. The minimum absolute atomic E-state index is 0.219. The molecule has 4 heteroatoms. The van der Waals surface area contributed by atoms with Gasteiger partial charge in [-0.3, -0.25) is 4.79 Å². The Bertz CT molecular complexity index is 362. The SMILES string of the molecule is O=C(NCCSc1ccc(Cl)cc1)C1CC1. The van der Waals surface area contributed by atoms with Crippen LogP contribution >= 0.6 is 23.4 Å². The molecule has 86 valence electrons. The van der Waals surface area contributed by atoms with Crippen LogP contribution in [-0.2, 0) is 4.79 Å². The summed E-state index contributed by atoms with van der Waals surface area (Å²) < 4.78 is 0. The first-order chi connectivity index (χ1) is 7.75. The van der Waals surface area contributed by atoms with Crippen molar-refractivity contribution >= 4 is 29.3 Å². The number of benzene rings is 1. The van der Waals surface area contributed by atoms with Crippen molar-refractivity contribution in [1.29, 1.82) is 0 Å². The van der Waals surface area contributed by atoms with Crippen LogP contribution in [0.1, 0.15) is 12.8 Å². The first-order valence-electron chi connectivity index (χ1n) is 5.42. The molecule has 1 N–H and O–H groups in total. The fraction of sp³-hybridized carbons (Fsp3) is 0.417. The molecule has 0 saturated heterocycles. The van der Waals surface area contributed by atoms with E-state index < -0.39 is 0 Å². The van der Waals surface area contributed by atoms with Crippen LogP contribution < -0.4 is 5.32 Å². The van der Waals surface area contributed by atoms with E-state index in [0.717, 1.165) is 30.2 Å². The van der Waals surface area contributed by atoms with Crippen LogP contribution in [0.5, 0.6) is 0 Å². The molecule has 0 bridgehead atoms. The highest BCUT2D eigenvalue weighted by Gasteiger charge is 2.28. The number of nitrogens with one attached hydrogen (secondary N) is 1. The van der Waals surface area contributed by atoms with Crippen molar-refractivity contribution in [2.75, 3.05) is 12.3 Å². The highest BCUT2D eigenvalue weighted by molar-refractivity contribution is 7.99. The summed E-state index contributed by atoms with van der Waals surface area (Å²) in [5, 5.41) is 3.70. The van der Waals surface area contributed by atoms with Gasteiger partial charge in [0.15, 0.2) is 0 Å². The molecule has 2 rings (SSSR count). The summed E-state index contributed by atoms with van der Waals surface area (Å²) in [5.41, 5.74) is 0. The summed E-state index contributed by atoms with van der Waals surface area (Å²) in [6, 6.07) is 7.75. The minimum atomic E-state index is 0.219. The third-order valence-electron chi connectivity index (χ3n) is 2.43. The molecule has 0 heterocycles. The molecule has 1 aliphatic carbocycles. The Morgan fingerprint density at radius 3 is 2.69 bits per heavy atom. The van der Waals surface area contributed by atoms with Crippen LogP contribution in [0.25, 0.3) is 0 Å². The molecule has 1 saturated carbocycles. The number of hydrogen-bond acceptors (Lipinski definition) is 2. The van der Waals surface area contributed by atoms with E-state index in [9.17, 15) is 4.79 Å². The number of thioether (sulfide) groups is 1. The molecule has 0 atom stereocenters. The lowest BCUT2D eigenvalue weighted by atomic mass is 10.4. The molecule has 0 aliphatic heterocycles. The van der Waals surface area contributed by atoms with E-state index in [1.54, 1.807) is 11.8 Å². The highest BCUT2D eigenvalue weighted by Crippen LogP contribution is 2.28. The minimum Gasteiger partial charge on any atom is -0.355 e. The predicted molar refractivity (Wildman–Crippen MR) is 67.9 cm³/mol. The molecule has 1 amide bonds. The van der Waals surface area contributed by atoms with Gasteiger partial charge in [-0.1, -0.05) is 11.6 Å². The van der Waals surface area contributed by atoms with Gasteiger partial charge in [0.25, 0.3) is 0 Å². The Morgan fingerprint density at radius 1 is 1.38 bits per heavy atom. The van der Waals surface area contributed by atoms with E-state index in [4.69, 9.17) is 11.6 Å². The number of carbonyl (C=O) groups is 1. The largest absolute Gasteiger partial charge is 0.355 e. The Balaban J connectivity index is 1.63. The second-order valence-electron chi connectivity index (χ2n) is 3.87.